The minimum Gasteiger partial charge on any atom is -0.237 e. The third-order valence-corrected chi connectivity index (χ3v) is 3.50. The molecule has 18 heavy (non-hydrogen) atoms. The zero-order valence-electron chi connectivity index (χ0n) is 10.6. The molecule has 0 unspecified atom stereocenters. The van der Waals surface area contributed by atoms with Gasteiger partial charge in [-0.25, -0.2) is 4.68 Å². The van der Waals surface area contributed by atoms with Crippen LogP contribution in [0.15, 0.2) is 24.3 Å². The van der Waals surface area contributed by atoms with Gasteiger partial charge in [0, 0.05) is 16.6 Å². The van der Waals surface area contributed by atoms with Crippen LogP contribution in [-0.4, -0.2) is 9.78 Å². The average Bonchev–Trinajstić information content (AvgIpc) is 2.81. The quantitative estimate of drug-likeness (QED) is 0.761. The van der Waals surface area contributed by atoms with Gasteiger partial charge in [0.2, 0.25) is 0 Å². The molecule has 0 N–H and O–H groups in total. The van der Waals surface area contributed by atoms with E-state index in [9.17, 15) is 0 Å². The Labute approximate surface area is 118 Å². The molecule has 0 spiro atoms. The molecule has 4 heteroatoms. The molecule has 0 aliphatic rings. The van der Waals surface area contributed by atoms with Crippen molar-refractivity contribution in [1.82, 2.24) is 9.78 Å². The topological polar surface area (TPSA) is 17.8 Å². The number of hydrogen-bond donors (Lipinski definition) is 0. The summed E-state index contributed by atoms with van der Waals surface area (Å²) in [6.07, 6.45) is 1.86. The van der Waals surface area contributed by atoms with Gasteiger partial charge in [-0.2, -0.15) is 5.10 Å². The number of aryl methyl sites for hydroxylation is 2. The summed E-state index contributed by atoms with van der Waals surface area (Å²) >= 11 is 12.1. The van der Waals surface area contributed by atoms with Crippen LogP contribution < -0.4 is 0 Å². The number of nitrogens with zero attached hydrogens (tertiary/aromatic N) is 2. The Balaban J connectivity index is 2.59. The summed E-state index contributed by atoms with van der Waals surface area (Å²) in [7, 11) is 0. The number of hydrogen-bond acceptors (Lipinski definition) is 1. The highest BCUT2D eigenvalue weighted by molar-refractivity contribution is 6.30. The van der Waals surface area contributed by atoms with Gasteiger partial charge in [-0.15, -0.1) is 11.6 Å². The van der Waals surface area contributed by atoms with E-state index in [1.807, 2.05) is 22.9 Å². The summed E-state index contributed by atoms with van der Waals surface area (Å²) in [5.74, 6) is 0.455. The molecule has 0 amide bonds. The van der Waals surface area contributed by atoms with Gasteiger partial charge in [0.25, 0.3) is 0 Å². The Morgan fingerprint density at radius 2 is 1.94 bits per heavy atom. The lowest BCUT2D eigenvalue weighted by atomic mass is 10.2. The normalized spacial score (nSPS) is 10.9. The van der Waals surface area contributed by atoms with Crippen molar-refractivity contribution in [2.75, 3.05) is 0 Å². The standard InChI is InChI=1S/C14H16Cl2N2/c1-3-12-8-13(4-2)18(17-12)14-7-11(16)6-5-10(14)9-15/h5-8H,3-4,9H2,1-2H3. The number of alkyl halides is 1. The van der Waals surface area contributed by atoms with Crippen molar-refractivity contribution >= 4 is 23.2 Å². The third kappa shape index (κ3) is 2.55. The maximum atomic E-state index is 6.08. The minimum atomic E-state index is 0.455. The van der Waals surface area contributed by atoms with Crippen LogP contribution in [0, 0.1) is 0 Å². The van der Waals surface area contributed by atoms with Gasteiger partial charge in [-0.1, -0.05) is 31.5 Å². The van der Waals surface area contributed by atoms with E-state index >= 15 is 0 Å². The van der Waals surface area contributed by atoms with E-state index in [1.165, 1.54) is 5.69 Å². The minimum absolute atomic E-state index is 0.455. The second kappa shape index (κ2) is 5.77. The lowest BCUT2D eigenvalue weighted by molar-refractivity contribution is 0.788. The van der Waals surface area contributed by atoms with Gasteiger partial charge < -0.3 is 0 Å². The van der Waals surface area contributed by atoms with Crippen molar-refractivity contribution in [3.8, 4) is 5.69 Å². The molecule has 1 aromatic carbocycles. The monoisotopic (exact) mass is 282 g/mol. The molecule has 0 aliphatic heterocycles. The van der Waals surface area contributed by atoms with Crippen molar-refractivity contribution in [2.45, 2.75) is 32.6 Å². The van der Waals surface area contributed by atoms with E-state index < -0.39 is 0 Å². The Hall–Kier alpha value is -0.990. The highest BCUT2D eigenvalue weighted by Crippen LogP contribution is 2.23. The maximum absolute atomic E-state index is 6.08. The molecular formula is C14H16Cl2N2. The molecule has 0 bridgehead atoms. The Morgan fingerprint density at radius 1 is 1.17 bits per heavy atom. The van der Waals surface area contributed by atoms with E-state index in [0.717, 1.165) is 29.8 Å². The van der Waals surface area contributed by atoms with Crippen LogP contribution in [0.4, 0.5) is 0 Å². The van der Waals surface area contributed by atoms with Crippen LogP contribution in [0.2, 0.25) is 5.02 Å². The highest BCUT2D eigenvalue weighted by atomic mass is 35.5. The fourth-order valence-corrected chi connectivity index (χ4v) is 2.35. The summed E-state index contributed by atoms with van der Waals surface area (Å²) in [4.78, 5) is 0. The summed E-state index contributed by atoms with van der Waals surface area (Å²) in [6.45, 7) is 4.23. The second-order valence-electron chi connectivity index (χ2n) is 4.15. The molecule has 0 saturated carbocycles. The summed E-state index contributed by atoms with van der Waals surface area (Å²) in [5.41, 5.74) is 4.29. The summed E-state index contributed by atoms with van der Waals surface area (Å²) in [6, 6.07) is 7.87. The Bertz CT molecular complexity index is 547. The van der Waals surface area contributed by atoms with Crippen LogP contribution in [0.5, 0.6) is 0 Å². The zero-order valence-corrected chi connectivity index (χ0v) is 12.1. The first-order valence-electron chi connectivity index (χ1n) is 6.12. The Morgan fingerprint density at radius 3 is 2.56 bits per heavy atom. The molecule has 2 aromatic rings. The molecule has 0 atom stereocenters. The van der Waals surface area contributed by atoms with Crippen molar-refractivity contribution in [2.24, 2.45) is 0 Å². The second-order valence-corrected chi connectivity index (χ2v) is 4.86. The highest BCUT2D eigenvalue weighted by Gasteiger charge is 2.11. The summed E-state index contributed by atoms with van der Waals surface area (Å²) < 4.78 is 1.96. The van der Waals surface area contributed by atoms with Gasteiger partial charge in [0.1, 0.15) is 0 Å². The van der Waals surface area contributed by atoms with Crippen molar-refractivity contribution < 1.29 is 0 Å². The summed E-state index contributed by atoms with van der Waals surface area (Å²) in [5, 5.41) is 5.32. The SMILES string of the molecule is CCc1cc(CC)n(-c2cc(Cl)ccc2CCl)n1. The number of benzene rings is 1. The third-order valence-electron chi connectivity index (χ3n) is 2.98. The number of rotatable bonds is 4. The number of halogens is 2. The molecule has 0 saturated heterocycles. The fourth-order valence-electron chi connectivity index (χ4n) is 1.96. The molecule has 2 nitrogen and oxygen atoms in total. The van der Waals surface area contributed by atoms with Gasteiger partial charge in [0.05, 0.1) is 11.4 Å². The van der Waals surface area contributed by atoms with E-state index in [-0.39, 0.29) is 0 Å². The van der Waals surface area contributed by atoms with E-state index in [0.29, 0.717) is 10.9 Å². The van der Waals surface area contributed by atoms with Crippen LogP contribution in [0.1, 0.15) is 30.8 Å². The first-order chi connectivity index (χ1) is 8.69. The van der Waals surface area contributed by atoms with Crippen LogP contribution in [0.3, 0.4) is 0 Å². The van der Waals surface area contributed by atoms with E-state index in [2.05, 4.69) is 25.0 Å². The first kappa shape index (κ1) is 13.4. The Kier molecular flexibility index (Phi) is 4.31. The lowest BCUT2D eigenvalue weighted by Gasteiger charge is -2.10. The average molecular weight is 283 g/mol. The zero-order chi connectivity index (χ0) is 13.1. The van der Waals surface area contributed by atoms with Crippen molar-refractivity contribution in [3.63, 3.8) is 0 Å². The van der Waals surface area contributed by atoms with Crippen molar-refractivity contribution in [3.05, 3.63) is 46.2 Å². The van der Waals surface area contributed by atoms with Crippen LogP contribution >= 0.6 is 23.2 Å². The van der Waals surface area contributed by atoms with Gasteiger partial charge in [-0.3, -0.25) is 0 Å². The first-order valence-corrected chi connectivity index (χ1v) is 7.03. The van der Waals surface area contributed by atoms with Crippen LogP contribution in [-0.2, 0) is 18.7 Å². The predicted molar refractivity (Wildman–Crippen MR) is 76.9 cm³/mol. The smallest absolute Gasteiger partial charge is 0.0707 e. The number of aromatic nitrogens is 2. The van der Waals surface area contributed by atoms with E-state index in [4.69, 9.17) is 23.2 Å². The van der Waals surface area contributed by atoms with Crippen LogP contribution in [0.25, 0.3) is 5.69 Å². The molecule has 2 rings (SSSR count). The van der Waals surface area contributed by atoms with Gasteiger partial charge in [0.15, 0.2) is 0 Å². The van der Waals surface area contributed by atoms with Crippen molar-refractivity contribution in [1.29, 1.82) is 0 Å². The molecule has 96 valence electrons. The molecule has 1 aromatic heterocycles. The van der Waals surface area contributed by atoms with E-state index in [1.54, 1.807) is 0 Å². The maximum Gasteiger partial charge on any atom is 0.0707 e. The molecule has 0 fully saturated rings. The predicted octanol–water partition coefficient (Wildman–Crippen LogP) is 4.39. The molecule has 0 radical (unpaired) electrons. The molecule has 0 aliphatic carbocycles. The van der Waals surface area contributed by atoms with Gasteiger partial charge >= 0.3 is 0 Å². The largest absolute Gasteiger partial charge is 0.237 e. The molecule has 1 heterocycles. The lowest BCUT2D eigenvalue weighted by Crippen LogP contribution is -2.04. The van der Waals surface area contributed by atoms with Gasteiger partial charge in [-0.05, 0) is 36.6 Å². The fraction of sp³-hybridized carbons (Fsp3) is 0.357. The molecular weight excluding hydrogens is 267 g/mol.